The zero-order valence-corrected chi connectivity index (χ0v) is 14.5. The predicted molar refractivity (Wildman–Crippen MR) is 92.4 cm³/mol. The van der Waals surface area contributed by atoms with E-state index in [1.54, 1.807) is 7.11 Å². The van der Waals surface area contributed by atoms with Gasteiger partial charge in [0.15, 0.2) is 0 Å². The van der Waals surface area contributed by atoms with Crippen LogP contribution in [0.2, 0.25) is 0 Å². The third-order valence-electron chi connectivity index (χ3n) is 4.62. The molecule has 0 radical (unpaired) electrons. The number of nitrogens with zero attached hydrogens (tertiary/aromatic N) is 3. The van der Waals surface area contributed by atoms with E-state index in [0.29, 0.717) is 5.88 Å². The fourth-order valence-corrected chi connectivity index (χ4v) is 3.29. The van der Waals surface area contributed by atoms with Crippen LogP contribution < -0.4 is 14.2 Å². The predicted octanol–water partition coefficient (Wildman–Crippen LogP) is 3.07. The van der Waals surface area contributed by atoms with Gasteiger partial charge in [-0.15, -0.1) is 0 Å². The number of allylic oxidation sites excluding steroid dienone is 1. The summed E-state index contributed by atoms with van der Waals surface area (Å²) < 4.78 is 7.29. The Morgan fingerprint density at radius 3 is 2.70 bits per heavy atom. The van der Waals surface area contributed by atoms with Crippen LogP contribution in [-0.4, -0.2) is 18.6 Å². The van der Waals surface area contributed by atoms with Crippen LogP contribution in [0.5, 0.6) is 5.88 Å². The Morgan fingerprint density at radius 1 is 1.26 bits per heavy atom. The van der Waals surface area contributed by atoms with Crippen LogP contribution in [0.3, 0.4) is 0 Å². The van der Waals surface area contributed by atoms with Crippen molar-refractivity contribution in [2.24, 2.45) is 7.05 Å². The lowest BCUT2D eigenvalue weighted by atomic mass is 9.83. The molecule has 0 aliphatic carbocycles. The Bertz CT molecular complexity index is 765. The van der Waals surface area contributed by atoms with Crippen molar-refractivity contribution < 1.29 is 9.30 Å². The lowest BCUT2D eigenvalue weighted by Gasteiger charge is -2.25. The summed E-state index contributed by atoms with van der Waals surface area (Å²) in [7, 11) is 3.65. The van der Waals surface area contributed by atoms with Crippen LogP contribution in [0.4, 0.5) is 5.69 Å². The number of para-hydroxylation sites is 1. The molecule has 2 aromatic rings. The van der Waals surface area contributed by atoms with Gasteiger partial charge in [0.2, 0.25) is 0 Å². The zero-order valence-electron chi connectivity index (χ0n) is 14.5. The molecule has 0 saturated heterocycles. The van der Waals surface area contributed by atoms with Gasteiger partial charge >= 0.3 is 11.7 Å². The van der Waals surface area contributed by atoms with Crippen molar-refractivity contribution in [2.75, 3.05) is 18.6 Å². The molecule has 4 nitrogen and oxygen atoms in total. The highest BCUT2D eigenvalue weighted by atomic mass is 16.5. The Labute approximate surface area is 138 Å². The summed E-state index contributed by atoms with van der Waals surface area (Å²) in [5.41, 5.74) is 3.86. The average molecular weight is 310 g/mol. The number of hydrogen-bond donors (Lipinski definition) is 0. The minimum Gasteiger partial charge on any atom is -0.463 e. The number of likely N-dealkylation sites (N-methyl/N-ethyl adjacent to an activating group) is 1. The van der Waals surface area contributed by atoms with Gasteiger partial charge in [0, 0.05) is 23.3 Å². The number of methoxy groups -OCH3 is 1. The summed E-state index contributed by atoms with van der Waals surface area (Å²) in [6.45, 7) is 7.66. The molecule has 0 unspecified atom stereocenters. The smallest absolute Gasteiger partial charge is 0.331 e. The van der Waals surface area contributed by atoms with E-state index in [9.17, 15) is 0 Å². The van der Waals surface area contributed by atoms with E-state index in [1.807, 2.05) is 23.9 Å². The highest BCUT2D eigenvalue weighted by Gasteiger charge is 2.40. The van der Waals surface area contributed by atoms with E-state index in [4.69, 9.17) is 4.74 Å². The van der Waals surface area contributed by atoms with Gasteiger partial charge in [0.05, 0.1) is 32.5 Å². The van der Waals surface area contributed by atoms with E-state index in [1.165, 1.54) is 16.9 Å². The van der Waals surface area contributed by atoms with Gasteiger partial charge in [-0.05, 0) is 23.5 Å². The minimum absolute atomic E-state index is 0.0512. The second kappa shape index (κ2) is 5.69. The van der Waals surface area contributed by atoms with Crippen LogP contribution in [0, 0.1) is 0 Å². The van der Waals surface area contributed by atoms with Gasteiger partial charge in [-0.25, -0.2) is 4.57 Å². The number of aryl methyl sites for hydroxylation is 1. The summed E-state index contributed by atoms with van der Waals surface area (Å²) >= 11 is 0. The van der Waals surface area contributed by atoms with Crippen molar-refractivity contribution in [2.45, 2.75) is 26.2 Å². The van der Waals surface area contributed by atoms with Gasteiger partial charge in [0.1, 0.15) is 0 Å². The monoisotopic (exact) mass is 310 g/mol. The zero-order chi connectivity index (χ0) is 16.6. The molecule has 0 spiro atoms. The van der Waals surface area contributed by atoms with Crippen molar-refractivity contribution in [1.29, 1.82) is 0 Å². The molecule has 0 N–H and O–H groups in total. The minimum atomic E-state index is -0.0512. The maximum atomic E-state index is 5.27. The molecule has 0 fully saturated rings. The molecule has 23 heavy (non-hydrogen) atoms. The number of anilines is 1. The average Bonchev–Trinajstić information content (AvgIpc) is 2.77. The third kappa shape index (κ3) is 2.48. The molecular weight excluding hydrogens is 286 g/mol. The highest BCUT2D eigenvalue weighted by Crippen LogP contribution is 2.47. The molecule has 1 aromatic heterocycles. The first-order chi connectivity index (χ1) is 11.0. The summed E-state index contributed by atoms with van der Waals surface area (Å²) in [6, 6.07) is 10.5. The molecule has 1 aliphatic heterocycles. The van der Waals surface area contributed by atoms with Crippen molar-refractivity contribution in [3.8, 4) is 5.88 Å². The number of rotatable bonds is 3. The molecular formula is C19H24N3O+. The van der Waals surface area contributed by atoms with Crippen molar-refractivity contribution in [3.05, 3.63) is 53.6 Å². The maximum absolute atomic E-state index is 5.27. The first-order valence-corrected chi connectivity index (χ1v) is 7.99. The van der Waals surface area contributed by atoms with E-state index in [2.05, 4.69) is 61.0 Å². The second-order valence-electron chi connectivity index (χ2n) is 6.35. The molecule has 0 saturated carbocycles. The first kappa shape index (κ1) is 15.5. The number of ether oxygens (including phenoxy) is 1. The summed E-state index contributed by atoms with van der Waals surface area (Å²) in [5, 5.41) is 0. The lowest BCUT2D eigenvalue weighted by Crippen LogP contribution is -2.34. The van der Waals surface area contributed by atoms with Crippen molar-refractivity contribution in [1.82, 2.24) is 4.98 Å². The first-order valence-electron chi connectivity index (χ1n) is 7.99. The summed E-state index contributed by atoms with van der Waals surface area (Å²) in [4.78, 5) is 6.96. The summed E-state index contributed by atoms with van der Waals surface area (Å²) in [6.07, 6.45) is 4.15. The Balaban J connectivity index is 2.16. The fourth-order valence-electron chi connectivity index (χ4n) is 3.29. The Morgan fingerprint density at radius 2 is 2.00 bits per heavy atom. The Hall–Kier alpha value is -2.36. The molecule has 120 valence electrons. The molecule has 1 aliphatic rings. The molecule has 0 bridgehead atoms. The van der Waals surface area contributed by atoms with E-state index < -0.39 is 0 Å². The van der Waals surface area contributed by atoms with Crippen LogP contribution in [0.1, 0.15) is 32.2 Å². The maximum Gasteiger partial charge on any atom is 0.331 e. The number of aromatic nitrogens is 2. The van der Waals surface area contributed by atoms with Crippen molar-refractivity contribution in [3.63, 3.8) is 0 Å². The number of hydrogen-bond acceptors (Lipinski definition) is 3. The molecule has 0 amide bonds. The van der Waals surface area contributed by atoms with E-state index >= 15 is 0 Å². The highest BCUT2D eigenvalue weighted by molar-refractivity contribution is 5.74. The van der Waals surface area contributed by atoms with Crippen LogP contribution in [0.15, 0.2) is 42.2 Å². The number of benzene rings is 1. The Kier molecular flexibility index (Phi) is 3.84. The van der Waals surface area contributed by atoms with Gasteiger partial charge in [-0.1, -0.05) is 32.0 Å². The summed E-state index contributed by atoms with van der Waals surface area (Å²) in [5.74, 6) is 1.52. The fraction of sp³-hybridized carbons (Fsp3) is 0.368. The third-order valence-corrected chi connectivity index (χ3v) is 4.62. The molecule has 0 atom stereocenters. The van der Waals surface area contributed by atoms with Crippen LogP contribution >= 0.6 is 0 Å². The van der Waals surface area contributed by atoms with Crippen LogP contribution in [0.25, 0.3) is 6.08 Å². The van der Waals surface area contributed by atoms with Gasteiger partial charge in [-0.2, -0.15) is 0 Å². The van der Waals surface area contributed by atoms with Gasteiger partial charge < -0.3 is 9.64 Å². The quantitative estimate of drug-likeness (QED) is 0.816. The molecule has 1 aromatic carbocycles. The van der Waals surface area contributed by atoms with E-state index in [-0.39, 0.29) is 5.41 Å². The van der Waals surface area contributed by atoms with Gasteiger partial charge in [-0.3, -0.25) is 0 Å². The van der Waals surface area contributed by atoms with E-state index in [0.717, 1.165) is 12.4 Å². The number of fused-ring (bicyclic) bond motifs is 1. The second-order valence-corrected chi connectivity index (χ2v) is 6.35. The van der Waals surface area contributed by atoms with Crippen molar-refractivity contribution >= 4 is 11.8 Å². The normalized spacial score (nSPS) is 17.4. The largest absolute Gasteiger partial charge is 0.463 e. The SMILES string of the molecule is CCN1C(=Cc2nc(OC)cc[n+]2C)C(C)(C)c2ccccc21. The molecule has 2 heterocycles. The topological polar surface area (TPSA) is 29.2 Å². The molecule has 4 heteroatoms. The van der Waals surface area contributed by atoms with Crippen LogP contribution in [-0.2, 0) is 12.5 Å². The standard InChI is InChI=1S/C19H24N3O/c1-6-22-15-10-8-7-9-14(15)19(2,3)16(22)13-17-20-18(23-5)11-12-21(17)4/h7-13H,6H2,1-5H3/q+1. The molecule has 3 rings (SSSR count). The van der Waals surface area contributed by atoms with Gasteiger partial charge in [0.25, 0.3) is 0 Å². The lowest BCUT2D eigenvalue weighted by molar-refractivity contribution is -0.676.